The van der Waals surface area contributed by atoms with Crippen molar-refractivity contribution in [2.45, 2.75) is 70.5 Å². The number of hydrogen-bond acceptors (Lipinski definition) is 5. The summed E-state index contributed by atoms with van der Waals surface area (Å²) >= 11 is 0. The third kappa shape index (κ3) is 5.57. The monoisotopic (exact) mass is 481 g/mol. The van der Waals surface area contributed by atoms with Gasteiger partial charge < -0.3 is 15.0 Å². The maximum atomic E-state index is 13.4. The van der Waals surface area contributed by atoms with Crippen molar-refractivity contribution in [3.05, 3.63) is 42.0 Å². The summed E-state index contributed by atoms with van der Waals surface area (Å²) < 4.78 is 5.22. The van der Waals surface area contributed by atoms with Gasteiger partial charge in [0.05, 0.1) is 18.9 Å². The van der Waals surface area contributed by atoms with Crippen molar-refractivity contribution in [3.63, 3.8) is 0 Å². The quantitative estimate of drug-likeness (QED) is 0.432. The summed E-state index contributed by atoms with van der Waals surface area (Å²) in [5.74, 6) is -0.728. The molecule has 1 N–H and O–H groups in total. The first-order chi connectivity index (χ1) is 16.9. The highest BCUT2D eigenvalue weighted by Crippen LogP contribution is 2.35. The van der Waals surface area contributed by atoms with Crippen LogP contribution in [-0.4, -0.2) is 59.2 Å². The van der Waals surface area contributed by atoms with Gasteiger partial charge in [-0.1, -0.05) is 37.1 Å². The van der Waals surface area contributed by atoms with Crippen LogP contribution in [0.25, 0.3) is 0 Å². The standard InChI is InChI=1S/C27H35N3O5/c1-18(25(32)28-20-7-3-4-8-20)30(17-19-11-13-21(35-2)14-12-19)24(31)15-16-29-26(33)22-9-5-6-10-23(22)27(29)34/h5-6,11-14,18,20,22-23H,3-4,7-10,15-17H2,1-2H3,(H,28,32)/t18-,22-,23+/m1/s1. The summed E-state index contributed by atoms with van der Waals surface area (Å²) in [7, 11) is 1.59. The molecule has 8 nitrogen and oxygen atoms in total. The van der Waals surface area contributed by atoms with E-state index >= 15 is 0 Å². The molecule has 0 unspecified atom stereocenters. The minimum Gasteiger partial charge on any atom is -0.497 e. The molecule has 0 bridgehead atoms. The van der Waals surface area contributed by atoms with E-state index < -0.39 is 6.04 Å². The van der Waals surface area contributed by atoms with E-state index in [1.165, 1.54) is 4.90 Å². The first kappa shape index (κ1) is 24.9. The second-order valence-corrected chi connectivity index (χ2v) is 9.77. The fraction of sp³-hybridized carbons (Fsp3) is 0.556. The zero-order valence-electron chi connectivity index (χ0n) is 20.6. The molecule has 0 aromatic heterocycles. The Bertz CT molecular complexity index is 957. The van der Waals surface area contributed by atoms with Crippen LogP contribution in [0.3, 0.4) is 0 Å². The number of imide groups is 1. The van der Waals surface area contributed by atoms with Gasteiger partial charge in [-0.25, -0.2) is 0 Å². The van der Waals surface area contributed by atoms with Crippen LogP contribution in [0.5, 0.6) is 5.75 Å². The van der Waals surface area contributed by atoms with Crippen LogP contribution in [0.2, 0.25) is 0 Å². The topological polar surface area (TPSA) is 96.0 Å². The Balaban J connectivity index is 1.44. The van der Waals surface area contributed by atoms with E-state index in [0.717, 1.165) is 31.2 Å². The Labute approximate surface area is 206 Å². The van der Waals surface area contributed by atoms with E-state index in [-0.39, 0.29) is 61.0 Å². The smallest absolute Gasteiger partial charge is 0.242 e. The van der Waals surface area contributed by atoms with Crippen molar-refractivity contribution in [1.82, 2.24) is 15.1 Å². The van der Waals surface area contributed by atoms with Gasteiger partial charge in [0.25, 0.3) is 0 Å². The number of ether oxygens (including phenoxy) is 1. The second-order valence-electron chi connectivity index (χ2n) is 9.77. The normalized spacial score (nSPS) is 22.7. The molecule has 1 aliphatic heterocycles. The molecule has 2 fully saturated rings. The lowest BCUT2D eigenvalue weighted by Crippen LogP contribution is -2.50. The largest absolute Gasteiger partial charge is 0.497 e. The Morgan fingerprint density at radius 2 is 1.66 bits per heavy atom. The van der Waals surface area contributed by atoms with Crippen molar-refractivity contribution in [2.75, 3.05) is 13.7 Å². The molecule has 3 aliphatic rings. The Morgan fingerprint density at radius 1 is 1.06 bits per heavy atom. The van der Waals surface area contributed by atoms with Gasteiger partial charge >= 0.3 is 0 Å². The molecule has 4 amide bonds. The van der Waals surface area contributed by atoms with Gasteiger partial charge in [-0.2, -0.15) is 0 Å². The zero-order chi connectivity index (χ0) is 24.9. The van der Waals surface area contributed by atoms with Gasteiger partial charge in [-0.05, 0) is 50.3 Å². The van der Waals surface area contributed by atoms with Crippen LogP contribution in [0, 0.1) is 11.8 Å². The molecule has 1 aromatic carbocycles. The summed E-state index contributed by atoms with van der Waals surface area (Å²) in [6, 6.07) is 6.84. The number of allylic oxidation sites excluding steroid dienone is 2. The molecular weight excluding hydrogens is 446 g/mol. The molecule has 2 aliphatic carbocycles. The molecular formula is C27H35N3O5. The maximum absolute atomic E-state index is 13.4. The number of fused-ring (bicyclic) bond motifs is 1. The van der Waals surface area contributed by atoms with Gasteiger partial charge in [0, 0.05) is 25.6 Å². The molecule has 1 saturated carbocycles. The highest BCUT2D eigenvalue weighted by Gasteiger charge is 2.47. The Kier molecular flexibility index (Phi) is 7.88. The van der Waals surface area contributed by atoms with Gasteiger partial charge in [-0.15, -0.1) is 0 Å². The lowest BCUT2D eigenvalue weighted by Gasteiger charge is -2.30. The van der Waals surface area contributed by atoms with Crippen molar-refractivity contribution < 1.29 is 23.9 Å². The number of benzene rings is 1. The average molecular weight is 482 g/mol. The molecule has 0 spiro atoms. The molecule has 35 heavy (non-hydrogen) atoms. The van der Waals surface area contributed by atoms with Gasteiger partial charge in [0.2, 0.25) is 23.6 Å². The van der Waals surface area contributed by atoms with E-state index in [1.807, 2.05) is 36.4 Å². The highest BCUT2D eigenvalue weighted by atomic mass is 16.5. The van der Waals surface area contributed by atoms with Gasteiger partial charge in [0.1, 0.15) is 11.8 Å². The number of rotatable bonds is 9. The number of methoxy groups -OCH3 is 1. The molecule has 188 valence electrons. The van der Waals surface area contributed by atoms with Crippen molar-refractivity contribution in [2.24, 2.45) is 11.8 Å². The molecule has 3 atom stereocenters. The van der Waals surface area contributed by atoms with E-state index in [1.54, 1.807) is 18.9 Å². The van der Waals surface area contributed by atoms with Gasteiger partial charge in [0.15, 0.2) is 0 Å². The second kappa shape index (κ2) is 11.1. The van der Waals surface area contributed by atoms with E-state index in [4.69, 9.17) is 4.74 Å². The van der Waals surface area contributed by atoms with Gasteiger partial charge in [-0.3, -0.25) is 24.1 Å². The molecule has 1 saturated heterocycles. The summed E-state index contributed by atoms with van der Waals surface area (Å²) in [5, 5.41) is 3.08. The minimum absolute atomic E-state index is 0.0123. The van der Waals surface area contributed by atoms with E-state index in [9.17, 15) is 19.2 Å². The minimum atomic E-state index is -0.679. The van der Waals surface area contributed by atoms with Crippen LogP contribution in [-0.2, 0) is 25.7 Å². The summed E-state index contributed by atoms with van der Waals surface area (Å²) in [5.41, 5.74) is 0.866. The molecule has 8 heteroatoms. The number of carbonyl (C=O) groups is 4. The molecule has 1 heterocycles. The Morgan fingerprint density at radius 3 is 2.23 bits per heavy atom. The first-order valence-corrected chi connectivity index (χ1v) is 12.6. The molecule has 1 aromatic rings. The highest BCUT2D eigenvalue weighted by molar-refractivity contribution is 6.05. The summed E-state index contributed by atoms with van der Waals surface area (Å²) in [6.45, 7) is 2.02. The number of amides is 4. The number of hydrogen-bond donors (Lipinski definition) is 1. The summed E-state index contributed by atoms with van der Waals surface area (Å²) in [4.78, 5) is 54.8. The van der Waals surface area contributed by atoms with Crippen molar-refractivity contribution >= 4 is 23.6 Å². The Hall–Kier alpha value is -3.16. The van der Waals surface area contributed by atoms with E-state index in [0.29, 0.717) is 18.6 Å². The van der Waals surface area contributed by atoms with Crippen LogP contribution >= 0.6 is 0 Å². The lowest BCUT2D eigenvalue weighted by atomic mass is 9.85. The zero-order valence-corrected chi connectivity index (χ0v) is 20.6. The molecule has 4 rings (SSSR count). The lowest BCUT2D eigenvalue weighted by molar-refractivity contribution is -0.144. The number of likely N-dealkylation sites (tertiary alicyclic amines) is 1. The SMILES string of the molecule is COc1ccc(CN(C(=O)CCN2C(=O)[C@H]3CC=CC[C@H]3C2=O)[C@H](C)C(=O)NC2CCCC2)cc1. The third-order valence-electron chi connectivity index (χ3n) is 7.53. The van der Waals surface area contributed by atoms with E-state index in [2.05, 4.69) is 5.32 Å². The van der Waals surface area contributed by atoms with Crippen LogP contribution in [0.4, 0.5) is 0 Å². The van der Waals surface area contributed by atoms with Crippen LogP contribution in [0.15, 0.2) is 36.4 Å². The van der Waals surface area contributed by atoms with Crippen molar-refractivity contribution in [3.8, 4) is 5.75 Å². The fourth-order valence-electron chi connectivity index (χ4n) is 5.34. The number of nitrogens with one attached hydrogen (secondary N) is 1. The first-order valence-electron chi connectivity index (χ1n) is 12.6. The predicted octanol–water partition coefficient (Wildman–Crippen LogP) is 2.81. The van der Waals surface area contributed by atoms with Crippen LogP contribution in [0.1, 0.15) is 57.4 Å². The number of nitrogens with zero attached hydrogens (tertiary/aromatic N) is 2. The van der Waals surface area contributed by atoms with Crippen molar-refractivity contribution in [1.29, 1.82) is 0 Å². The fourth-order valence-corrected chi connectivity index (χ4v) is 5.34. The predicted molar refractivity (Wildman–Crippen MR) is 130 cm³/mol. The van der Waals surface area contributed by atoms with Crippen LogP contribution < -0.4 is 10.1 Å². The summed E-state index contributed by atoms with van der Waals surface area (Å²) in [6.07, 6.45) is 9.14. The average Bonchev–Trinajstić information content (AvgIpc) is 3.47. The maximum Gasteiger partial charge on any atom is 0.242 e. The molecule has 0 radical (unpaired) electrons. The number of carbonyl (C=O) groups excluding carboxylic acids is 4. The third-order valence-corrected chi connectivity index (χ3v) is 7.53.